The number of urea groups is 1. The maximum Gasteiger partial charge on any atom is 0.321 e. The molecule has 1 heterocycles. The summed E-state index contributed by atoms with van der Waals surface area (Å²) < 4.78 is 0. The van der Waals surface area contributed by atoms with Crippen LogP contribution in [0, 0.1) is 5.92 Å². The van der Waals surface area contributed by atoms with Crippen LogP contribution in [0.5, 0.6) is 0 Å². The van der Waals surface area contributed by atoms with Gasteiger partial charge in [-0.25, -0.2) is 4.79 Å². The Bertz CT molecular complexity index is 557. The van der Waals surface area contributed by atoms with Gasteiger partial charge >= 0.3 is 12.0 Å². The summed E-state index contributed by atoms with van der Waals surface area (Å²) in [6.45, 7) is 5.12. The molecule has 1 atom stereocenters. The highest BCUT2D eigenvalue weighted by Gasteiger charge is 2.28. The molecule has 22 heavy (non-hydrogen) atoms. The first-order chi connectivity index (χ1) is 10.5. The Balaban J connectivity index is 2.04. The molecule has 0 bridgehead atoms. The van der Waals surface area contributed by atoms with Gasteiger partial charge in [-0.15, -0.1) is 0 Å². The number of rotatable bonds is 4. The van der Waals surface area contributed by atoms with Gasteiger partial charge in [0.15, 0.2) is 0 Å². The molecule has 1 fully saturated rings. The van der Waals surface area contributed by atoms with E-state index in [1.54, 1.807) is 4.90 Å². The Labute approximate surface area is 131 Å². The van der Waals surface area contributed by atoms with E-state index in [1.807, 2.05) is 18.2 Å². The third-order valence-corrected chi connectivity index (χ3v) is 4.28. The van der Waals surface area contributed by atoms with E-state index < -0.39 is 11.9 Å². The first kappa shape index (κ1) is 16.3. The Morgan fingerprint density at radius 3 is 2.64 bits per heavy atom. The molecule has 2 rings (SSSR count). The highest BCUT2D eigenvalue weighted by atomic mass is 16.4. The van der Waals surface area contributed by atoms with Crippen LogP contribution in [0.4, 0.5) is 10.5 Å². The van der Waals surface area contributed by atoms with Crippen LogP contribution < -0.4 is 5.32 Å². The van der Waals surface area contributed by atoms with Crippen molar-refractivity contribution in [3.8, 4) is 0 Å². The van der Waals surface area contributed by atoms with Crippen LogP contribution in [0.25, 0.3) is 0 Å². The van der Waals surface area contributed by atoms with Crippen molar-refractivity contribution >= 4 is 17.7 Å². The Morgan fingerprint density at radius 1 is 1.27 bits per heavy atom. The van der Waals surface area contributed by atoms with E-state index in [0.717, 1.165) is 24.9 Å². The minimum Gasteiger partial charge on any atom is -0.481 e. The molecular weight excluding hydrogens is 280 g/mol. The summed E-state index contributed by atoms with van der Waals surface area (Å²) in [7, 11) is 0. The van der Waals surface area contributed by atoms with Gasteiger partial charge in [0.2, 0.25) is 0 Å². The zero-order valence-electron chi connectivity index (χ0n) is 13.3. The molecular formula is C17H24N2O3. The van der Waals surface area contributed by atoms with Crippen molar-refractivity contribution in [1.82, 2.24) is 4.90 Å². The predicted molar refractivity (Wildman–Crippen MR) is 86.1 cm³/mol. The molecule has 5 nitrogen and oxygen atoms in total. The number of piperidine rings is 1. The van der Waals surface area contributed by atoms with Crippen LogP contribution in [0.1, 0.15) is 37.8 Å². The van der Waals surface area contributed by atoms with E-state index in [9.17, 15) is 9.59 Å². The lowest BCUT2D eigenvalue weighted by atomic mass is 9.98. The SMILES string of the molecule is CCc1ccc(NC(=O)N2CCCC(C(=O)O)C2)cc1CC. The number of carboxylic acids is 1. The van der Waals surface area contributed by atoms with Crippen LogP contribution in [-0.4, -0.2) is 35.1 Å². The van der Waals surface area contributed by atoms with E-state index >= 15 is 0 Å². The lowest BCUT2D eigenvalue weighted by Crippen LogP contribution is -2.44. The van der Waals surface area contributed by atoms with E-state index in [0.29, 0.717) is 13.0 Å². The number of likely N-dealkylation sites (tertiary alicyclic amines) is 1. The number of carboxylic acid groups (broad SMARTS) is 1. The van der Waals surface area contributed by atoms with Gasteiger partial charge in [-0.3, -0.25) is 4.79 Å². The van der Waals surface area contributed by atoms with Crippen molar-refractivity contribution in [1.29, 1.82) is 0 Å². The number of hydrogen-bond donors (Lipinski definition) is 2. The maximum absolute atomic E-state index is 12.3. The molecule has 5 heteroatoms. The van der Waals surface area contributed by atoms with E-state index in [4.69, 9.17) is 5.11 Å². The van der Waals surface area contributed by atoms with Gasteiger partial charge in [-0.2, -0.15) is 0 Å². The molecule has 1 aromatic carbocycles. The third-order valence-electron chi connectivity index (χ3n) is 4.28. The summed E-state index contributed by atoms with van der Waals surface area (Å²) in [5.74, 6) is -1.27. The maximum atomic E-state index is 12.3. The summed E-state index contributed by atoms with van der Waals surface area (Å²) in [5.41, 5.74) is 3.31. The number of aliphatic carboxylic acids is 1. The van der Waals surface area contributed by atoms with Gasteiger partial charge in [0.1, 0.15) is 0 Å². The number of aryl methyl sites for hydroxylation is 2. The molecule has 1 aliphatic heterocycles. The van der Waals surface area contributed by atoms with E-state index in [2.05, 4.69) is 19.2 Å². The molecule has 1 aromatic rings. The zero-order chi connectivity index (χ0) is 16.1. The fraction of sp³-hybridized carbons (Fsp3) is 0.529. The number of benzene rings is 1. The molecule has 2 N–H and O–H groups in total. The van der Waals surface area contributed by atoms with Crippen molar-refractivity contribution in [2.75, 3.05) is 18.4 Å². The highest BCUT2D eigenvalue weighted by Crippen LogP contribution is 2.20. The number of nitrogens with one attached hydrogen (secondary N) is 1. The lowest BCUT2D eigenvalue weighted by molar-refractivity contribution is -0.143. The number of carbonyl (C=O) groups excluding carboxylic acids is 1. The molecule has 0 aromatic heterocycles. The number of nitrogens with zero attached hydrogens (tertiary/aromatic N) is 1. The first-order valence-electron chi connectivity index (χ1n) is 7.95. The Kier molecular flexibility index (Phi) is 5.41. The van der Waals surface area contributed by atoms with E-state index in [1.165, 1.54) is 11.1 Å². The Hall–Kier alpha value is -2.04. The number of hydrogen-bond acceptors (Lipinski definition) is 2. The zero-order valence-corrected chi connectivity index (χ0v) is 13.3. The second-order valence-corrected chi connectivity index (χ2v) is 5.74. The van der Waals surface area contributed by atoms with Crippen LogP contribution in [-0.2, 0) is 17.6 Å². The Morgan fingerprint density at radius 2 is 2.00 bits per heavy atom. The minimum absolute atomic E-state index is 0.211. The number of anilines is 1. The molecule has 1 unspecified atom stereocenters. The third kappa shape index (κ3) is 3.78. The standard InChI is InChI=1S/C17H24N2O3/c1-3-12-7-8-15(10-13(12)4-2)18-17(22)19-9-5-6-14(11-19)16(20)21/h7-8,10,14H,3-6,9,11H2,1-2H3,(H,18,22)(H,20,21). The fourth-order valence-corrected chi connectivity index (χ4v) is 2.94. The molecule has 1 saturated heterocycles. The van der Waals surface area contributed by atoms with Gasteiger partial charge in [0.25, 0.3) is 0 Å². The molecule has 0 spiro atoms. The summed E-state index contributed by atoms with van der Waals surface area (Å²) in [5, 5.41) is 12.0. The largest absolute Gasteiger partial charge is 0.481 e. The van der Waals surface area contributed by atoms with Crippen LogP contribution >= 0.6 is 0 Å². The van der Waals surface area contributed by atoms with Gasteiger partial charge in [0.05, 0.1) is 5.92 Å². The predicted octanol–water partition coefficient (Wildman–Crippen LogP) is 3.14. The van der Waals surface area contributed by atoms with Crippen molar-refractivity contribution in [3.63, 3.8) is 0 Å². The second kappa shape index (κ2) is 7.29. The van der Waals surface area contributed by atoms with Crippen molar-refractivity contribution in [2.24, 2.45) is 5.92 Å². The second-order valence-electron chi connectivity index (χ2n) is 5.74. The summed E-state index contributed by atoms with van der Waals surface area (Å²) >= 11 is 0. The van der Waals surface area contributed by atoms with Crippen molar-refractivity contribution < 1.29 is 14.7 Å². The first-order valence-corrected chi connectivity index (χ1v) is 7.95. The van der Waals surface area contributed by atoms with Crippen LogP contribution in [0.15, 0.2) is 18.2 Å². The minimum atomic E-state index is -0.821. The highest BCUT2D eigenvalue weighted by molar-refractivity contribution is 5.90. The average molecular weight is 304 g/mol. The number of carbonyl (C=O) groups is 2. The van der Waals surface area contributed by atoms with Crippen molar-refractivity contribution in [3.05, 3.63) is 29.3 Å². The van der Waals surface area contributed by atoms with E-state index in [-0.39, 0.29) is 12.6 Å². The molecule has 0 aliphatic carbocycles. The van der Waals surface area contributed by atoms with Gasteiger partial charge in [-0.1, -0.05) is 19.9 Å². The topological polar surface area (TPSA) is 69.6 Å². The van der Waals surface area contributed by atoms with Gasteiger partial charge in [0, 0.05) is 18.8 Å². The summed E-state index contributed by atoms with van der Waals surface area (Å²) in [4.78, 5) is 25.0. The fourth-order valence-electron chi connectivity index (χ4n) is 2.94. The van der Waals surface area contributed by atoms with Gasteiger partial charge in [-0.05, 0) is 48.9 Å². The van der Waals surface area contributed by atoms with Crippen LogP contribution in [0.2, 0.25) is 0 Å². The molecule has 2 amide bonds. The average Bonchev–Trinajstić information content (AvgIpc) is 2.54. The normalized spacial score (nSPS) is 18.1. The van der Waals surface area contributed by atoms with Crippen LogP contribution in [0.3, 0.4) is 0 Å². The number of amides is 2. The molecule has 120 valence electrons. The van der Waals surface area contributed by atoms with Gasteiger partial charge < -0.3 is 15.3 Å². The summed E-state index contributed by atoms with van der Waals surface area (Å²) in [6.07, 6.45) is 3.28. The molecule has 0 radical (unpaired) electrons. The smallest absolute Gasteiger partial charge is 0.321 e. The molecule has 1 aliphatic rings. The quantitative estimate of drug-likeness (QED) is 0.898. The molecule has 0 saturated carbocycles. The summed E-state index contributed by atoms with van der Waals surface area (Å²) in [6, 6.07) is 5.76. The van der Waals surface area contributed by atoms with Crippen molar-refractivity contribution in [2.45, 2.75) is 39.5 Å². The lowest BCUT2D eigenvalue weighted by Gasteiger charge is -2.30. The monoisotopic (exact) mass is 304 g/mol.